The minimum atomic E-state index is -0.331. The Balaban J connectivity index is 1.83. The highest BCUT2D eigenvalue weighted by Gasteiger charge is 2.08. The summed E-state index contributed by atoms with van der Waals surface area (Å²) in [5, 5.41) is 8.12. The van der Waals surface area contributed by atoms with Crippen LogP contribution in [0, 0.1) is 6.92 Å². The number of rotatable bonds is 8. The monoisotopic (exact) mass is 384 g/mol. The van der Waals surface area contributed by atoms with Crippen molar-refractivity contribution in [3.05, 3.63) is 64.1 Å². The van der Waals surface area contributed by atoms with Gasteiger partial charge in [-0.25, -0.2) is 0 Å². The highest BCUT2D eigenvalue weighted by molar-refractivity contribution is 5.95. The molecule has 1 heterocycles. The first-order valence-electron chi connectivity index (χ1n) is 8.95. The second-order valence-corrected chi connectivity index (χ2v) is 6.39. The summed E-state index contributed by atoms with van der Waals surface area (Å²) in [4.78, 5) is 46.7. The van der Waals surface area contributed by atoms with Gasteiger partial charge in [-0.05, 0) is 43.2 Å². The van der Waals surface area contributed by atoms with Gasteiger partial charge in [-0.15, -0.1) is 0 Å². The topological polar surface area (TPSA) is 109 Å². The van der Waals surface area contributed by atoms with Crippen LogP contribution in [0.15, 0.2) is 47.4 Å². The molecule has 3 amide bonds. The van der Waals surface area contributed by atoms with E-state index in [4.69, 9.17) is 0 Å². The molecule has 1 aromatic carbocycles. The van der Waals surface area contributed by atoms with Crippen molar-refractivity contribution in [2.45, 2.75) is 26.8 Å². The Bertz CT molecular complexity index is 903. The lowest BCUT2D eigenvalue weighted by Crippen LogP contribution is -2.28. The van der Waals surface area contributed by atoms with Crippen LogP contribution in [0.1, 0.15) is 29.3 Å². The molecule has 28 heavy (non-hydrogen) atoms. The summed E-state index contributed by atoms with van der Waals surface area (Å²) < 4.78 is 1.34. The van der Waals surface area contributed by atoms with Crippen LogP contribution in [-0.4, -0.2) is 35.4 Å². The van der Waals surface area contributed by atoms with Crippen LogP contribution in [0.4, 0.5) is 5.69 Å². The predicted octanol–water partition coefficient (Wildman–Crippen LogP) is 1.05. The largest absolute Gasteiger partial charge is 0.356 e. The van der Waals surface area contributed by atoms with Gasteiger partial charge in [-0.3, -0.25) is 19.2 Å². The smallest absolute Gasteiger partial charge is 0.251 e. The molecule has 0 radical (unpaired) electrons. The first-order valence-corrected chi connectivity index (χ1v) is 8.95. The van der Waals surface area contributed by atoms with Crippen molar-refractivity contribution in [3.63, 3.8) is 0 Å². The summed E-state index contributed by atoms with van der Waals surface area (Å²) in [5.41, 5.74) is 1.64. The van der Waals surface area contributed by atoms with Crippen LogP contribution >= 0.6 is 0 Å². The van der Waals surface area contributed by atoms with E-state index in [0.29, 0.717) is 30.8 Å². The summed E-state index contributed by atoms with van der Waals surface area (Å²) >= 11 is 0. The third-order valence-electron chi connectivity index (χ3n) is 3.89. The number of nitrogens with zero attached hydrogens (tertiary/aromatic N) is 1. The molecule has 0 spiro atoms. The fraction of sp³-hybridized carbons (Fsp3) is 0.300. The van der Waals surface area contributed by atoms with Gasteiger partial charge in [-0.1, -0.05) is 6.07 Å². The van der Waals surface area contributed by atoms with E-state index in [2.05, 4.69) is 16.0 Å². The number of amides is 3. The fourth-order valence-corrected chi connectivity index (χ4v) is 2.49. The maximum absolute atomic E-state index is 12.1. The van der Waals surface area contributed by atoms with Crippen LogP contribution in [0.2, 0.25) is 0 Å². The van der Waals surface area contributed by atoms with E-state index < -0.39 is 0 Å². The number of anilines is 1. The molecule has 0 saturated carbocycles. The molecule has 0 saturated heterocycles. The first-order chi connectivity index (χ1) is 13.3. The van der Waals surface area contributed by atoms with Crippen LogP contribution < -0.4 is 21.5 Å². The van der Waals surface area contributed by atoms with E-state index in [9.17, 15) is 19.2 Å². The molecule has 2 rings (SSSR count). The summed E-state index contributed by atoms with van der Waals surface area (Å²) in [5.74, 6) is -0.661. The van der Waals surface area contributed by atoms with Gasteiger partial charge in [0.25, 0.3) is 11.5 Å². The lowest BCUT2D eigenvalue weighted by Gasteiger charge is -2.09. The van der Waals surface area contributed by atoms with Crippen molar-refractivity contribution in [1.29, 1.82) is 0 Å². The quantitative estimate of drug-likeness (QED) is 0.591. The van der Waals surface area contributed by atoms with Crippen LogP contribution in [0.3, 0.4) is 0 Å². The predicted molar refractivity (Wildman–Crippen MR) is 106 cm³/mol. The van der Waals surface area contributed by atoms with Crippen LogP contribution in [0.5, 0.6) is 0 Å². The van der Waals surface area contributed by atoms with Crippen LogP contribution in [0.25, 0.3) is 0 Å². The molecule has 0 aliphatic heterocycles. The zero-order valence-corrected chi connectivity index (χ0v) is 16.0. The summed E-state index contributed by atoms with van der Waals surface area (Å²) in [7, 11) is 0. The van der Waals surface area contributed by atoms with E-state index in [1.54, 1.807) is 36.5 Å². The second kappa shape index (κ2) is 10.1. The van der Waals surface area contributed by atoms with Crippen molar-refractivity contribution in [2.75, 3.05) is 18.4 Å². The van der Waals surface area contributed by atoms with Crippen molar-refractivity contribution in [1.82, 2.24) is 15.2 Å². The Morgan fingerprint density at radius 2 is 1.64 bits per heavy atom. The van der Waals surface area contributed by atoms with Gasteiger partial charge < -0.3 is 20.5 Å². The Labute approximate surface area is 162 Å². The second-order valence-electron chi connectivity index (χ2n) is 6.39. The normalized spacial score (nSPS) is 10.2. The molecule has 8 heteroatoms. The maximum Gasteiger partial charge on any atom is 0.251 e. The molecule has 3 N–H and O–H groups in total. The molecule has 0 fully saturated rings. The standard InChI is InChI=1S/C20H24N4O4/c1-14-4-9-19(27)24(12-14)13-18(26)23-17-7-5-16(6-8-17)20(28)22-11-3-10-21-15(2)25/h4-9,12H,3,10-11,13H2,1-2H3,(H,21,25)(H,22,28)(H,23,26). The van der Waals surface area contributed by atoms with E-state index >= 15 is 0 Å². The summed E-state index contributed by atoms with van der Waals surface area (Å²) in [6.07, 6.45) is 2.26. The highest BCUT2D eigenvalue weighted by Crippen LogP contribution is 2.10. The molecule has 0 atom stereocenters. The van der Waals surface area contributed by atoms with Crippen molar-refractivity contribution >= 4 is 23.4 Å². The Kier molecular flexibility index (Phi) is 7.50. The van der Waals surface area contributed by atoms with Crippen molar-refractivity contribution < 1.29 is 14.4 Å². The lowest BCUT2D eigenvalue weighted by atomic mass is 10.2. The van der Waals surface area contributed by atoms with Crippen molar-refractivity contribution in [3.8, 4) is 0 Å². The molecular weight excluding hydrogens is 360 g/mol. The van der Waals surface area contributed by atoms with Gasteiger partial charge in [-0.2, -0.15) is 0 Å². The molecule has 0 aliphatic rings. The fourth-order valence-electron chi connectivity index (χ4n) is 2.49. The molecular formula is C20H24N4O4. The molecule has 0 aliphatic carbocycles. The van der Waals surface area contributed by atoms with E-state index in [1.807, 2.05) is 6.92 Å². The minimum Gasteiger partial charge on any atom is -0.356 e. The SMILES string of the molecule is CC(=O)NCCCNC(=O)c1ccc(NC(=O)Cn2cc(C)ccc2=O)cc1. The average molecular weight is 384 g/mol. The van der Waals surface area contributed by atoms with Gasteiger partial charge >= 0.3 is 0 Å². The number of benzene rings is 1. The highest BCUT2D eigenvalue weighted by atomic mass is 16.2. The molecule has 0 unspecified atom stereocenters. The van der Waals surface area contributed by atoms with Gasteiger partial charge in [0.1, 0.15) is 6.54 Å². The molecule has 0 bridgehead atoms. The van der Waals surface area contributed by atoms with Crippen LogP contribution in [-0.2, 0) is 16.1 Å². The number of hydrogen-bond donors (Lipinski definition) is 3. The first kappa shape index (κ1) is 20.9. The third-order valence-corrected chi connectivity index (χ3v) is 3.89. The van der Waals surface area contributed by atoms with E-state index in [0.717, 1.165) is 5.56 Å². The molecule has 148 valence electrons. The minimum absolute atomic E-state index is 0.0863. The zero-order valence-electron chi connectivity index (χ0n) is 16.0. The number of pyridine rings is 1. The Morgan fingerprint density at radius 1 is 0.964 bits per heavy atom. The van der Waals surface area contributed by atoms with Crippen molar-refractivity contribution in [2.24, 2.45) is 0 Å². The summed E-state index contributed by atoms with van der Waals surface area (Å²) in [6.45, 7) is 4.15. The molecule has 2 aromatic rings. The van der Waals surface area contributed by atoms with Gasteiger partial charge in [0.15, 0.2) is 0 Å². The number of hydrogen-bond acceptors (Lipinski definition) is 4. The lowest BCUT2D eigenvalue weighted by molar-refractivity contribution is -0.119. The maximum atomic E-state index is 12.1. The molecule has 1 aromatic heterocycles. The average Bonchev–Trinajstić information content (AvgIpc) is 2.64. The van der Waals surface area contributed by atoms with E-state index in [1.165, 1.54) is 17.6 Å². The van der Waals surface area contributed by atoms with Gasteiger partial charge in [0, 0.05) is 43.5 Å². The number of aryl methyl sites for hydroxylation is 1. The number of carbonyl (C=O) groups excluding carboxylic acids is 3. The number of carbonyl (C=O) groups is 3. The zero-order chi connectivity index (χ0) is 20.5. The van der Waals surface area contributed by atoms with E-state index in [-0.39, 0.29) is 29.8 Å². The Morgan fingerprint density at radius 3 is 2.32 bits per heavy atom. The third kappa shape index (κ3) is 6.71. The number of aromatic nitrogens is 1. The summed E-state index contributed by atoms with van der Waals surface area (Å²) in [6, 6.07) is 9.59. The van der Waals surface area contributed by atoms with Gasteiger partial charge in [0.2, 0.25) is 11.8 Å². The number of nitrogens with one attached hydrogen (secondary N) is 3. The Hall–Kier alpha value is -3.42. The molecule has 8 nitrogen and oxygen atoms in total. The van der Waals surface area contributed by atoms with Gasteiger partial charge in [0.05, 0.1) is 0 Å².